The Kier molecular flexibility index (Phi) is 3.27. The highest BCUT2D eigenvalue weighted by atomic mass is 19.1. The van der Waals surface area contributed by atoms with Gasteiger partial charge in [0.2, 0.25) is 0 Å². The van der Waals surface area contributed by atoms with E-state index in [0.717, 1.165) is 0 Å². The van der Waals surface area contributed by atoms with Crippen LogP contribution in [0.2, 0.25) is 0 Å². The summed E-state index contributed by atoms with van der Waals surface area (Å²) in [5.41, 5.74) is 5.94. The van der Waals surface area contributed by atoms with Crippen molar-refractivity contribution in [3.63, 3.8) is 0 Å². The Balaban J connectivity index is 2.32. The van der Waals surface area contributed by atoms with Gasteiger partial charge in [-0.15, -0.1) is 0 Å². The molecule has 0 saturated heterocycles. The zero-order valence-corrected chi connectivity index (χ0v) is 9.64. The first-order valence-corrected chi connectivity index (χ1v) is 5.31. The van der Waals surface area contributed by atoms with E-state index in [1.54, 1.807) is 6.92 Å². The van der Waals surface area contributed by atoms with Gasteiger partial charge in [0, 0.05) is 11.8 Å². The molecule has 0 radical (unpaired) electrons. The van der Waals surface area contributed by atoms with E-state index in [1.165, 1.54) is 24.3 Å². The van der Waals surface area contributed by atoms with E-state index in [1.807, 2.05) is 0 Å². The maximum absolute atomic E-state index is 13.6. The summed E-state index contributed by atoms with van der Waals surface area (Å²) in [4.78, 5) is 11.4. The van der Waals surface area contributed by atoms with Crippen LogP contribution in [0.15, 0.2) is 28.8 Å². The third-order valence-corrected chi connectivity index (χ3v) is 2.25. The molecule has 6 heteroatoms. The van der Waals surface area contributed by atoms with Crippen molar-refractivity contribution in [1.82, 2.24) is 5.16 Å². The normalized spacial score (nSPS) is 10.3. The summed E-state index contributed by atoms with van der Waals surface area (Å²) in [6, 6.07) is 5.49. The summed E-state index contributed by atoms with van der Waals surface area (Å²) < 4.78 is 23.3. The Morgan fingerprint density at radius 3 is 2.94 bits per heavy atom. The Morgan fingerprint density at radius 2 is 2.28 bits per heavy atom. The van der Waals surface area contributed by atoms with Gasteiger partial charge in [-0.3, -0.25) is 0 Å². The SMILES string of the molecule is CCOC(=O)c1cc(-c2ccc(N)cc2F)on1. The quantitative estimate of drug-likeness (QED) is 0.667. The fourth-order valence-electron chi connectivity index (χ4n) is 1.43. The standard InChI is InChI=1S/C12H11FN2O3/c1-2-17-12(16)10-6-11(18-15-10)8-4-3-7(14)5-9(8)13/h3-6H,2,14H2,1H3. The number of benzene rings is 1. The largest absolute Gasteiger partial charge is 0.461 e. The van der Waals surface area contributed by atoms with Gasteiger partial charge >= 0.3 is 5.97 Å². The maximum atomic E-state index is 13.6. The summed E-state index contributed by atoms with van der Waals surface area (Å²) in [5, 5.41) is 3.53. The van der Waals surface area contributed by atoms with E-state index in [-0.39, 0.29) is 23.6 Å². The number of esters is 1. The molecule has 5 nitrogen and oxygen atoms in total. The van der Waals surface area contributed by atoms with Crippen LogP contribution in [0, 0.1) is 5.82 Å². The minimum atomic E-state index is -0.608. The summed E-state index contributed by atoms with van der Waals surface area (Å²) in [6.45, 7) is 1.91. The van der Waals surface area contributed by atoms with Crippen LogP contribution in [-0.4, -0.2) is 17.7 Å². The van der Waals surface area contributed by atoms with E-state index < -0.39 is 11.8 Å². The Hall–Kier alpha value is -2.37. The average molecular weight is 250 g/mol. The lowest BCUT2D eigenvalue weighted by molar-refractivity contribution is 0.0514. The van der Waals surface area contributed by atoms with Gasteiger partial charge in [-0.1, -0.05) is 5.16 Å². The molecule has 0 atom stereocenters. The predicted octanol–water partition coefficient (Wildman–Crippen LogP) is 2.24. The summed E-state index contributed by atoms with van der Waals surface area (Å²) in [7, 11) is 0. The Morgan fingerprint density at radius 1 is 1.50 bits per heavy atom. The molecule has 1 heterocycles. The molecule has 0 unspecified atom stereocenters. The van der Waals surface area contributed by atoms with Gasteiger partial charge in [-0.25, -0.2) is 9.18 Å². The molecule has 0 fully saturated rings. The van der Waals surface area contributed by atoms with Crippen molar-refractivity contribution in [2.75, 3.05) is 12.3 Å². The third kappa shape index (κ3) is 2.32. The number of carbonyl (C=O) groups is 1. The second-order valence-electron chi connectivity index (χ2n) is 3.54. The molecule has 2 rings (SSSR count). The molecule has 0 amide bonds. The third-order valence-electron chi connectivity index (χ3n) is 2.25. The first-order valence-electron chi connectivity index (χ1n) is 5.31. The summed E-state index contributed by atoms with van der Waals surface area (Å²) in [6.07, 6.45) is 0. The fourth-order valence-corrected chi connectivity index (χ4v) is 1.43. The van der Waals surface area contributed by atoms with Crippen molar-refractivity contribution in [3.8, 4) is 11.3 Å². The number of halogens is 1. The zero-order chi connectivity index (χ0) is 13.1. The fraction of sp³-hybridized carbons (Fsp3) is 0.167. The van der Waals surface area contributed by atoms with E-state index in [0.29, 0.717) is 5.69 Å². The highest BCUT2D eigenvalue weighted by Crippen LogP contribution is 2.25. The lowest BCUT2D eigenvalue weighted by atomic mass is 10.1. The van der Waals surface area contributed by atoms with Crippen LogP contribution in [-0.2, 0) is 4.74 Å². The molecule has 2 N–H and O–H groups in total. The van der Waals surface area contributed by atoms with Crippen LogP contribution in [0.1, 0.15) is 17.4 Å². The van der Waals surface area contributed by atoms with Gasteiger partial charge in [0.1, 0.15) is 5.82 Å². The Labute approximate surface area is 102 Å². The maximum Gasteiger partial charge on any atom is 0.360 e. The summed E-state index contributed by atoms with van der Waals surface area (Å²) in [5.74, 6) is -1.000. The molecular formula is C12H11FN2O3. The van der Waals surface area contributed by atoms with Crippen molar-refractivity contribution in [3.05, 3.63) is 35.8 Å². The molecule has 94 valence electrons. The van der Waals surface area contributed by atoms with E-state index in [4.69, 9.17) is 15.0 Å². The van der Waals surface area contributed by atoms with Crippen LogP contribution in [0.4, 0.5) is 10.1 Å². The Bertz CT molecular complexity index is 580. The van der Waals surface area contributed by atoms with Crippen molar-refractivity contribution < 1.29 is 18.4 Å². The molecule has 0 aliphatic carbocycles. The van der Waals surface area contributed by atoms with Crippen molar-refractivity contribution >= 4 is 11.7 Å². The van der Waals surface area contributed by atoms with Crippen LogP contribution >= 0.6 is 0 Å². The average Bonchev–Trinajstić information content (AvgIpc) is 2.78. The van der Waals surface area contributed by atoms with Gasteiger partial charge < -0.3 is 15.0 Å². The second-order valence-corrected chi connectivity index (χ2v) is 3.54. The first kappa shape index (κ1) is 12.1. The topological polar surface area (TPSA) is 78.4 Å². The highest BCUT2D eigenvalue weighted by Gasteiger charge is 2.16. The van der Waals surface area contributed by atoms with Crippen molar-refractivity contribution in [1.29, 1.82) is 0 Å². The molecule has 2 aromatic rings. The highest BCUT2D eigenvalue weighted by molar-refractivity contribution is 5.88. The molecule has 0 spiro atoms. The molecule has 0 saturated carbocycles. The zero-order valence-electron chi connectivity index (χ0n) is 9.64. The van der Waals surface area contributed by atoms with E-state index in [2.05, 4.69) is 5.16 Å². The van der Waals surface area contributed by atoms with Gasteiger partial charge in [0.05, 0.1) is 12.2 Å². The monoisotopic (exact) mass is 250 g/mol. The number of carbonyl (C=O) groups excluding carboxylic acids is 1. The molecule has 0 bridgehead atoms. The van der Waals surface area contributed by atoms with Gasteiger partial charge in [0.25, 0.3) is 0 Å². The molecule has 1 aromatic carbocycles. The number of hydrogen-bond donors (Lipinski definition) is 1. The number of nitrogens with two attached hydrogens (primary N) is 1. The van der Waals surface area contributed by atoms with Crippen LogP contribution < -0.4 is 5.73 Å². The number of ether oxygens (including phenoxy) is 1. The number of rotatable bonds is 3. The molecular weight excluding hydrogens is 239 g/mol. The lowest BCUT2D eigenvalue weighted by Gasteiger charge is -1.98. The molecule has 0 aliphatic rings. The number of nitrogens with zero attached hydrogens (tertiary/aromatic N) is 1. The number of anilines is 1. The first-order chi connectivity index (χ1) is 8.61. The lowest BCUT2D eigenvalue weighted by Crippen LogP contribution is -2.04. The van der Waals surface area contributed by atoms with Gasteiger partial charge in [-0.2, -0.15) is 0 Å². The number of nitrogen functional groups attached to an aromatic ring is 1. The second kappa shape index (κ2) is 4.87. The van der Waals surface area contributed by atoms with Gasteiger partial charge in [-0.05, 0) is 25.1 Å². The minimum Gasteiger partial charge on any atom is -0.461 e. The predicted molar refractivity (Wildman–Crippen MR) is 62.3 cm³/mol. The molecule has 18 heavy (non-hydrogen) atoms. The van der Waals surface area contributed by atoms with Crippen LogP contribution in [0.25, 0.3) is 11.3 Å². The van der Waals surface area contributed by atoms with E-state index >= 15 is 0 Å². The van der Waals surface area contributed by atoms with Crippen molar-refractivity contribution in [2.45, 2.75) is 6.92 Å². The number of hydrogen-bond acceptors (Lipinski definition) is 5. The molecule has 1 aromatic heterocycles. The summed E-state index contributed by atoms with van der Waals surface area (Å²) >= 11 is 0. The van der Waals surface area contributed by atoms with Crippen LogP contribution in [0.3, 0.4) is 0 Å². The van der Waals surface area contributed by atoms with E-state index in [9.17, 15) is 9.18 Å². The van der Waals surface area contributed by atoms with Crippen molar-refractivity contribution in [2.24, 2.45) is 0 Å². The smallest absolute Gasteiger partial charge is 0.360 e. The van der Waals surface area contributed by atoms with Gasteiger partial charge in [0.15, 0.2) is 11.5 Å². The van der Waals surface area contributed by atoms with Crippen LogP contribution in [0.5, 0.6) is 0 Å². The minimum absolute atomic E-state index is 0.00285. The number of aromatic nitrogens is 1. The molecule has 0 aliphatic heterocycles.